The number of pyridine rings is 1. The number of rotatable bonds is 9. The number of hydrogen-bond donors (Lipinski definition) is 1. The van der Waals surface area contributed by atoms with Crippen LogP contribution in [0.4, 0.5) is 5.82 Å². The van der Waals surface area contributed by atoms with E-state index in [0.717, 1.165) is 4.31 Å². The van der Waals surface area contributed by atoms with Crippen LogP contribution in [0.3, 0.4) is 0 Å². The van der Waals surface area contributed by atoms with Crippen LogP contribution in [0.5, 0.6) is 11.5 Å². The molecule has 3 rings (SSSR count). The van der Waals surface area contributed by atoms with Gasteiger partial charge in [0.15, 0.2) is 11.5 Å². The molecule has 0 radical (unpaired) electrons. The Morgan fingerprint density at radius 2 is 1.85 bits per heavy atom. The fourth-order valence-corrected chi connectivity index (χ4v) is 4.89. The molecule has 1 aromatic heterocycles. The average Bonchev–Trinajstić information content (AvgIpc) is 2.83. The van der Waals surface area contributed by atoms with E-state index < -0.39 is 22.5 Å². The van der Waals surface area contributed by atoms with E-state index in [1.807, 2.05) is 0 Å². The first-order valence-corrected chi connectivity index (χ1v) is 11.8. The zero-order valence-electron chi connectivity index (χ0n) is 17.8. The average molecular weight is 533 g/mol. The predicted molar refractivity (Wildman–Crippen MR) is 128 cm³/mol. The number of benzene rings is 2. The van der Waals surface area contributed by atoms with Gasteiger partial charge in [-0.1, -0.05) is 24.3 Å². The molecule has 3 aromatic rings. The van der Waals surface area contributed by atoms with Crippen LogP contribution in [0.25, 0.3) is 0 Å². The van der Waals surface area contributed by atoms with E-state index in [2.05, 4.69) is 31.4 Å². The molecule has 0 spiro atoms. The van der Waals surface area contributed by atoms with Gasteiger partial charge in [0.05, 0.1) is 29.8 Å². The third-order valence-corrected chi connectivity index (χ3v) is 6.74. The molecule has 0 aliphatic rings. The highest BCUT2D eigenvalue weighted by Gasteiger charge is 2.27. The van der Waals surface area contributed by atoms with Crippen molar-refractivity contribution in [2.24, 2.45) is 5.10 Å². The van der Waals surface area contributed by atoms with Crippen molar-refractivity contribution in [2.45, 2.75) is 4.90 Å². The Bertz CT molecular complexity index is 1240. The molecule has 0 saturated heterocycles. The third-order valence-electron chi connectivity index (χ3n) is 4.38. The molecule has 0 atom stereocenters. The summed E-state index contributed by atoms with van der Waals surface area (Å²) < 4.78 is 38.5. The number of sulfonamides is 1. The zero-order chi connectivity index (χ0) is 23.8. The summed E-state index contributed by atoms with van der Waals surface area (Å²) in [5.41, 5.74) is 2.97. The van der Waals surface area contributed by atoms with Crippen molar-refractivity contribution in [3.8, 4) is 11.5 Å². The molecule has 0 saturated carbocycles. The van der Waals surface area contributed by atoms with Crippen molar-refractivity contribution in [3.05, 3.63) is 76.9 Å². The minimum Gasteiger partial charge on any atom is -0.493 e. The van der Waals surface area contributed by atoms with Crippen LogP contribution in [0, 0.1) is 0 Å². The highest BCUT2D eigenvalue weighted by Crippen LogP contribution is 2.35. The second kappa shape index (κ2) is 10.9. The smallest absolute Gasteiger partial charge is 0.265 e. The molecule has 172 valence electrons. The van der Waals surface area contributed by atoms with Gasteiger partial charge < -0.3 is 9.47 Å². The largest absolute Gasteiger partial charge is 0.493 e. The van der Waals surface area contributed by atoms with E-state index in [1.54, 1.807) is 42.5 Å². The maximum Gasteiger partial charge on any atom is 0.265 e. The van der Waals surface area contributed by atoms with Gasteiger partial charge >= 0.3 is 0 Å². The highest BCUT2D eigenvalue weighted by molar-refractivity contribution is 9.10. The van der Waals surface area contributed by atoms with Gasteiger partial charge in [-0.25, -0.2) is 23.1 Å². The molecular formula is C22H21BrN4O5S. The van der Waals surface area contributed by atoms with Crippen LogP contribution in [0.15, 0.2) is 81.3 Å². The monoisotopic (exact) mass is 532 g/mol. The number of methoxy groups -OCH3 is 2. The van der Waals surface area contributed by atoms with Crippen LogP contribution in [0.2, 0.25) is 0 Å². The van der Waals surface area contributed by atoms with Gasteiger partial charge in [0, 0.05) is 6.20 Å². The van der Waals surface area contributed by atoms with Crippen LogP contribution in [-0.2, 0) is 14.8 Å². The molecule has 1 heterocycles. The van der Waals surface area contributed by atoms with Crippen LogP contribution >= 0.6 is 15.9 Å². The quantitative estimate of drug-likeness (QED) is 0.334. The van der Waals surface area contributed by atoms with Gasteiger partial charge in [0.25, 0.3) is 15.9 Å². The number of ether oxygens (including phenoxy) is 2. The third kappa shape index (κ3) is 5.88. The Kier molecular flexibility index (Phi) is 8.01. The van der Waals surface area contributed by atoms with Crippen molar-refractivity contribution in [1.29, 1.82) is 0 Å². The molecule has 33 heavy (non-hydrogen) atoms. The highest BCUT2D eigenvalue weighted by atomic mass is 79.9. The fourth-order valence-electron chi connectivity index (χ4n) is 2.87. The summed E-state index contributed by atoms with van der Waals surface area (Å²) >= 11 is 3.39. The molecule has 0 aliphatic heterocycles. The second-order valence-corrected chi connectivity index (χ2v) is 9.26. The lowest BCUT2D eigenvalue weighted by Crippen LogP contribution is -2.40. The number of hydrazone groups is 1. The summed E-state index contributed by atoms with van der Waals surface area (Å²) in [6, 6.07) is 16.0. The molecule has 2 aromatic carbocycles. The lowest BCUT2D eigenvalue weighted by atomic mass is 10.2. The minimum absolute atomic E-state index is 0.0436. The number of nitrogens with zero attached hydrogens (tertiary/aromatic N) is 3. The lowest BCUT2D eigenvalue weighted by molar-refractivity contribution is -0.119. The molecule has 0 aliphatic carbocycles. The molecule has 1 amide bonds. The number of hydrogen-bond acceptors (Lipinski definition) is 7. The lowest BCUT2D eigenvalue weighted by Gasteiger charge is -2.22. The normalized spacial score (nSPS) is 11.2. The van der Waals surface area contributed by atoms with Crippen molar-refractivity contribution >= 4 is 43.9 Å². The summed E-state index contributed by atoms with van der Waals surface area (Å²) in [7, 11) is -1.000. The molecule has 0 fully saturated rings. The molecule has 1 N–H and O–H groups in total. The van der Waals surface area contributed by atoms with Crippen LogP contribution < -0.4 is 19.2 Å². The van der Waals surface area contributed by atoms with E-state index in [4.69, 9.17) is 9.47 Å². The summed E-state index contributed by atoms with van der Waals surface area (Å²) in [6.07, 6.45) is 2.86. The van der Waals surface area contributed by atoms with Gasteiger partial charge in [0.1, 0.15) is 12.4 Å². The summed E-state index contributed by atoms with van der Waals surface area (Å²) in [5, 5.41) is 3.93. The Balaban J connectivity index is 1.79. The first kappa shape index (κ1) is 24.2. The van der Waals surface area contributed by atoms with Gasteiger partial charge in [-0.05, 0) is 57.9 Å². The minimum atomic E-state index is -4.03. The number of nitrogens with one attached hydrogen (secondary N) is 1. The number of carbonyl (C=O) groups excluding carboxylic acids is 1. The van der Waals surface area contributed by atoms with Crippen LogP contribution in [-0.4, -0.2) is 46.3 Å². The van der Waals surface area contributed by atoms with E-state index in [0.29, 0.717) is 21.5 Å². The summed E-state index contributed by atoms with van der Waals surface area (Å²) in [6.45, 7) is -0.513. The molecule has 9 nitrogen and oxygen atoms in total. The Hall–Kier alpha value is -3.44. The van der Waals surface area contributed by atoms with E-state index >= 15 is 0 Å². The molecule has 0 bridgehead atoms. The maximum absolute atomic E-state index is 13.2. The topological polar surface area (TPSA) is 110 Å². The number of aromatic nitrogens is 1. The van der Waals surface area contributed by atoms with E-state index in [9.17, 15) is 13.2 Å². The number of halogens is 1. The van der Waals surface area contributed by atoms with Gasteiger partial charge in [0.2, 0.25) is 0 Å². The van der Waals surface area contributed by atoms with Gasteiger partial charge in [-0.3, -0.25) is 4.79 Å². The van der Waals surface area contributed by atoms with Crippen molar-refractivity contribution in [2.75, 3.05) is 25.1 Å². The number of amides is 1. The van der Waals surface area contributed by atoms with E-state index in [1.165, 1.54) is 44.8 Å². The first-order chi connectivity index (χ1) is 15.9. The summed E-state index contributed by atoms with van der Waals surface area (Å²) in [5.74, 6) is 0.478. The Morgan fingerprint density at radius 3 is 2.48 bits per heavy atom. The van der Waals surface area contributed by atoms with Crippen molar-refractivity contribution < 1.29 is 22.7 Å². The van der Waals surface area contributed by atoms with Gasteiger partial charge in [-0.2, -0.15) is 5.10 Å². The summed E-state index contributed by atoms with van der Waals surface area (Å²) in [4.78, 5) is 16.7. The number of anilines is 1. The number of carbonyl (C=O) groups is 1. The molecular weight excluding hydrogens is 512 g/mol. The second-order valence-electron chi connectivity index (χ2n) is 6.54. The van der Waals surface area contributed by atoms with Gasteiger partial charge in [-0.15, -0.1) is 0 Å². The predicted octanol–water partition coefficient (Wildman–Crippen LogP) is 3.21. The standard InChI is InChI=1S/C22H21BrN4O5S/c1-31-19-13-16(12-18(23)22(19)32-2)14-25-26-21(28)15-27(20-10-6-7-11-24-20)33(29,30)17-8-4-3-5-9-17/h3-14H,15H2,1-2H3,(H,26,28)/b25-14-. The SMILES string of the molecule is COc1cc(/C=N\NC(=O)CN(c2ccccn2)S(=O)(=O)c2ccccc2)cc(Br)c1OC. The van der Waals surface area contributed by atoms with Crippen molar-refractivity contribution in [3.63, 3.8) is 0 Å². The first-order valence-electron chi connectivity index (χ1n) is 9.59. The Labute approximate surface area is 200 Å². The maximum atomic E-state index is 13.2. The fraction of sp³-hybridized carbons (Fsp3) is 0.136. The van der Waals surface area contributed by atoms with Crippen molar-refractivity contribution in [1.82, 2.24) is 10.4 Å². The Morgan fingerprint density at radius 1 is 1.12 bits per heavy atom. The van der Waals surface area contributed by atoms with E-state index in [-0.39, 0.29) is 10.7 Å². The zero-order valence-corrected chi connectivity index (χ0v) is 20.2. The molecule has 0 unspecified atom stereocenters. The van der Waals surface area contributed by atoms with Crippen LogP contribution in [0.1, 0.15) is 5.56 Å². The molecule has 11 heteroatoms.